The van der Waals surface area contributed by atoms with Gasteiger partial charge in [0.1, 0.15) is 16.7 Å². The van der Waals surface area contributed by atoms with Gasteiger partial charge in [-0.3, -0.25) is 9.78 Å². The molecule has 2 aromatic heterocycles. The van der Waals surface area contributed by atoms with E-state index >= 15 is 0 Å². The molecule has 0 spiro atoms. The molecule has 1 N–H and O–H groups in total. The number of amides is 1. The van der Waals surface area contributed by atoms with E-state index in [4.69, 9.17) is 11.6 Å². The maximum absolute atomic E-state index is 11.8. The third-order valence-electron chi connectivity index (χ3n) is 1.99. The number of carbonyl (C=O) groups excluding carboxylic acids is 1. The van der Waals surface area contributed by atoms with Crippen LogP contribution in [0, 0.1) is 6.92 Å². The lowest BCUT2D eigenvalue weighted by molar-refractivity contribution is 0.102. The molecule has 5 nitrogen and oxygen atoms in total. The summed E-state index contributed by atoms with van der Waals surface area (Å²) in [6, 6.07) is 3.60. The minimum atomic E-state index is -0.391. The molecule has 0 saturated carbocycles. The molecule has 0 fully saturated rings. The van der Waals surface area contributed by atoms with E-state index in [1.54, 1.807) is 12.3 Å². The monoisotopic (exact) mass is 248 g/mol. The van der Waals surface area contributed by atoms with Crippen molar-refractivity contribution in [2.24, 2.45) is 0 Å². The number of rotatable bonds is 2. The molecule has 2 aromatic rings. The van der Waals surface area contributed by atoms with E-state index in [1.807, 2.05) is 13.0 Å². The van der Waals surface area contributed by atoms with E-state index in [0.29, 0.717) is 5.82 Å². The SMILES string of the molecule is Cc1ccnc(NC(=O)c2cncc(Cl)n2)c1. The Bertz CT molecular complexity index is 559. The second-order valence-electron chi connectivity index (χ2n) is 3.40. The minimum Gasteiger partial charge on any atom is -0.305 e. The molecule has 17 heavy (non-hydrogen) atoms. The first-order valence-corrected chi connectivity index (χ1v) is 5.24. The molecular weight excluding hydrogens is 240 g/mol. The van der Waals surface area contributed by atoms with Gasteiger partial charge in [0.25, 0.3) is 5.91 Å². The van der Waals surface area contributed by atoms with Crippen LogP contribution in [0.4, 0.5) is 5.82 Å². The van der Waals surface area contributed by atoms with Gasteiger partial charge in [0.05, 0.1) is 12.4 Å². The zero-order valence-electron chi connectivity index (χ0n) is 9.01. The second kappa shape index (κ2) is 4.88. The van der Waals surface area contributed by atoms with Crippen LogP contribution in [0.1, 0.15) is 16.1 Å². The Hall–Kier alpha value is -2.01. The fourth-order valence-electron chi connectivity index (χ4n) is 1.24. The smallest absolute Gasteiger partial charge is 0.277 e. The second-order valence-corrected chi connectivity index (χ2v) is 3.79. The Morgan fingerprint density at radius 3 is 2.94 bits per heavy atom. The van der Waals surface area contributed by atoms with Crippen molar-refractivity contribution >= 4 is 23.3 Å². The summed E-state index contributed by atoms with van der Waals surface area (Å²) in [4.78, 5) is 23.4. The lowest BCUT2D eigenvalue weighted by Gasteiger charge is -2.04. The molecule has 0 aliphatic carbocycles. The van der Waals surface area contributed by atoms with Crippen LogP contribution in [0.3, 0.4) is 0 Å². The first-order valence-electron chi connectivity index (χ1n) is 4.87. The van der Waals surface area contributed by atoms with Crippen molar-refractivity contribution < 1.29 is 4.79 Å². The summed E-state index contributed by atoms with van der Waals surface area (Å²) < 4.78 is 0. The molecule has 0 aliphatic rings. The number of nitrogens with one attached hydrogen (secondary N) is 1. The van der Waals surface area contributed by atoms with Gasteiger partial charge >= 0.3 is 0 Å². The van der Waals surface area contributed by atoms with Gasteiger partial charge in [0.2, 0.25) is 0 Å². The number of nitrogens with zero attached hydrogens (tertiary/aromatic N) is 3. The highest BCUT2D eigenvalue weighted by Gasteiger charge is 2.09. The molecule has 0 atom stereocenters. The van der Waals surface area contributed by atoms with Crippen molar-refractivity contribution in [3.63, 3.8) is 0 Å². The fraction of sp³-hybridized carbons (Fsp3) is 0.0909. The largest absolute Gasteiger partial charge is 0.305 e. The van der Waals surface area contributed by atoms with Crippen LogP contribution < -0.4 is 5.32 Å². The summed E-state index contributed by atoms with van der Waals surface area (Å²) in [6.45, 7) is 1.91. The first kappa shape index (κ1) is 11.5. The van der Waals surface area contributed by atoms with Crippen molar-refractivity contribution in [1.82, 2.24) is 15.0 Å². The third-order valence-corrected chi connectivity index (χ3v) is 2.18. The fourth-order valence-corrected chi connectivity index (χ4v) is 1.38. The summed E-state index contributed by atoms with van der Waals surface area (Å²) in [5.41, 5.74) is 1.16. The molecular formula is C11H9ClN4O. The zero-order chi connectivity index (χ0) is 12.3. The number of halogens is 1. The highest BCUT2D eigenvalue weighted by Crippen LogP contribution is 2.08. The van der Waals surface area contributed by atoms with E-state index in [2.05, 4.69) is 20.3 Å². The number of pyridine rings is 1. The Balaban J connectivity index is 2.17. The number of aryl methyl sites for hydroxylation is 1. The number of aromatic nitrogens is 3. The summed E-state index contributed by atoms with van der Waals surface area (Å²) in [6.07, 6.45) is 4.33. The van der Waals surface area contributed by atoms with Gasteiger partial charge in [-0.05, 0) is 24.6 Å². The molecule has 1 amide bonds. The highest BCUT2D eigenvalue weighted by molar-refractivity contribution is 6.29. The Kier molecular flexibility index (Phi) is 3.30. The topological polar surface area (TPSA) is 67.8 Å². The quantitative estimate of drug-likeness (QED) is 0.884. The molecule has 0 aromatic carbocycles. The van der Waals surface area contributed by atoms with Crippen LogP contribution >= 0.6 is 11.6 Å². The molecule has 2 heterocycles. The molecule has 0 unspecified atom stereocenters. The summed E-state index contributed by atoms with van der Waals surface area (Å²) in [7, 11) is 0. The van der Waals surface area contributed by atoms with Crippen LogP contribution in [0.5, 0.6) is 0 Å². The van der Waals surface area contributed by atoms with Gasteiger partial charge in [0, 0.05) is 6.20 Å². The predicted octanol–water partition coefficient (Wildman–Crippen LogP) is 2.09. The Morgan fingerprint density at radius 2 is 2.24 bits per heavy atom. The maximum atomic E-state index is 11.8. The van der Waals surface area contributed by atoms with Crippen LogP contribution in [0.15, 0.2) is 30.7 Å². The van der Waals surface area contributed by atoms with Crippen LogP contribution in [0.2, 0.25) is 5.15 Å². The van der Waals surface area contributed by atoms with E-state index in [9.17, 15) is 4.79 Å². The third kappa shape index (κ3) is 2.98. The van der Waals surface area contributed by atoms with Gasteiger partial charge in [0.15, 0.2) is 0 Å². The molecule has 0 saturated heterocycles. The van der Waals surface area contributed by atoms with E-state index < -0.39 is 5.91 Å². The lowest BCUT2D eigenvalue weighted by atomic mass is 10.3. The van der Waals surface area contributed by atoms with Crippen LogP contribution in [-0.2, 0) is 0 Å². The van der Waals surface area contributed by atoms with Crippen molar-refractivity contribution in [3.05, 3.63) is 47.1 Å². The number of hydrogen-bond donors (Lipinski definition) is 1. The molecule has 0 bridgehead atoms. The normalized spacial score (nSPS) is 10.0. The summed E-state index contributed by atoms with van der Waals surface area (Å²) in [5, 5.41) is 2.79. The maximum Gasteiger partial charge on any atom is 0.277 e. The van der Waals surface area contributed by atoms with E-state index in [0.717, 1.165) is 5.56 Å². The van der Waals surface area contributed by atoms with Gasteiger partial charge in [-0.15, -0.1) is 0 Å². The standard InChI is InChI=1S/C11H9ClN4O/c1-7-2-3-14-10(4-7)16-11(17)8-5-13-6-9(12)15-8/h2-6H,1H3,(H,14,16,17). The Morgan fingerprint density at radius 1 is 1.41 bits per heavy atom. The summed E-state index contributed by atoms with van der Waals surface area (Å²) >= 11 is 5.65. The van der Waals surface area contributed by atoms with E-state index in [-0.39, 0.29) is 10.8 Å². The summed E-state index contributed by atoms with van der Waals surface area (Å²) in [5.74, 6) is 0.0786. The van der Waals surface area contributed by atoms with Gasteiger partial charge in [-0.2, -0.15) is 0 Å². The number of anilines is 1. The van der Waals surface area contributed by atoms with Crippen molar-refractivity contribution in [1.29, 1.82) is 0 Å². The highest BCUT2D eigenvalue weighted by atomic mass is 35.5. The van der Waals surface area contributed by atoms with Gasteiger partial charge < -0.3 is 5.32 Å². The molecule has 86 valence electrons. The van der Waals surface area contributed by atoms with Gasteiger partial charge in [-0.1, -0.05) is 11.6 Å². The van der Waals surface area contributed by atoms with Gasteiger partial charge in [-0.25, -0.2) is 9.97 Å². The molecule has 0 radical (unpaired) electrons. The van der Waals surface area contributed by atoms with Crippen molar-refractivity contribution in [2.45, 2.75) is 6.92 Å². The van der Waals surface area contributed by atoms with Crippen LogP contribution in [0.25, 0.3) is 0 Å². The molecule has 0 aliphatic heterocycles. The average molecular weight is 249 g/mol. The average Bonchev–Trinajstić information content (AvgIpc) is 2.29. The number of hydrogen-bond acceptors (Lipinski definition) is 4. The van der Waals surface area contributed by atoms with Crippen LogP contribution in [-0.4, -0.2) is 20.9 Å². The zero-order valence-corrected chi connectivity index (χ0v) is 9.77. The molecule has 6 heteroatoms. The molecule has 2 rings (SSSR count). The number of carbonyl (C=O) groups is 1. The minimum absolute atomic E-state index is 0.154. The lowest BCUT2D eigenvalue weighted by Crippen LogP contribution is -2.15. The first-order chi connectivity index (χ1) is 8.15. The predicted molar refractivity (Wildman–Crippen MR) is 64.0 cm³/mol. The van der Waals surface area contributed by atoms with Crippen molar-refractivity contribution in [2.75, 3.05) is 5.32 Å². The Labute approximate surface area is 103 Å². The van der Waals surface area contributed by atoms with Crippen molar-refractivity contribution in [3.8, 4) is 0 Å². The van der Waals surface area contributed by atoms with E-state index in [1.165, 1.54) is 12.4 Å².